The quantitative estimate of drug-likeness (QED) is 0.507. The molecular formula is C16H13N3OS3. The Bertz CT molecular complexity index is 927. The van der Waals surface area contributed by atoms with Crippen LogP contribution in [0.3, 0.4) is 0 Å². The highest BCUT2D eigenvalue weighted by atomic mass is 32.2. The second-order valence-electron chi connectivity index (χ2n) is 4.87. The van der Waals surface area contributed by atoms with Crippen LogP contribution in [0.5, 0.6) is 5.75 Å². The fraction of sp³-hybridized carbons (Fsp3) is 0.125. The lowest BCUT2D eigenvalue weighted by molar-refractivity contribution is 0.415. The van der Waals surface area contributed by atoms with Crippen molar-refractivity contribution in [3.8, 4) is 16.3 Å². The Balaban J connectivity index is 1.48. The molecule has 0 unspecified atom stereocenters. The minimum Gasteiger partial charge on any atom is -0.497 e. The standard InChI is InChI=1S/C16H13N3OS3/c1-20-12-2-3-13-14(6-12)19-16(18-13)23-9-11-8-22-15(17-11)10-4-5-21-7-10/h2-8H,9H2,1H3,(H,18,19). The molecule has 7 heteroatoms. The average molecular weight is 360 g/mol. The summed E-state index contributed by atoms with van der Waals surface area (Å²) in [4.78, 5) is 12.6. The first-order valence-electron chi connectivity index (χ1n) is 6.95. The number of aromatic amines is 1. The number of rotatable bonds is 5. The van der Waals surface area contributed by atoms with Gasteiger partial charge >= 0.3 is 0 Å². The van der Waals surface area contributed by atoms with E-state index in [2.05, 4.69) is 32.2 Å². The number of fused-ring (bicyclic) bond motifs is 1. The molecule has 1 aromatic carbocycles. The third-order valence-corrected chi connectivity index (χ3v) is 5.87. The van der Waals surface area contributed by atoms with Gasteiger partial charge < -0.3 is 9.72 Å². The molecule has 23 heavy (non-hydrogen) atoms. The highest BCUT2D eigenvalue weighted by Gasteiger charge is 2.08. The first-order chi connectivity index (χ1) is 11.3. The van der Waals surface area contributed by atoms with Gasteiger partial charge in [-0.3, -0.25) is 0 Å². The zero-order valence-electron chi connectivity index (χ0n) is 12.3. The second-order valence-corrected chi connectivity index (χ2v) is 7.47. The highest BCUT2D eigenvalue weighted by molar-refractivity contribution is 7.98. The van der Waals surface area contributed by atoms with Crippen LogP contribution in [0.4, 0.5) is 0 Å². The molecule has 0 fully saturated rings. The van der Waals surface area contributed by atoms with Crippen LogP contribution >= 0.6 is 34.4 Å². The van der Waals surface area contributed by atoms with E-state index in [0.717, 1.165) is 38.4 Å². The number of aromatic nitrogens is 3. The second kappa shape index (κ2) is 6.35. The summed E-state index contributed by atoms with van der Waals surface area (Å²) < 4.78 is 5.24. The van der Waals surface area contributed by atoms with Crippen LogP contribution in [0.2, 0.25) is 0 Å². The number of nitrogens with one attached hydrogen (secondary N) is 1. The molecule has 0 saturated carbocycles. The maximum absolute atomic E-state index is 5.24. The minimum absolute atomic E-state index is 0.803. The fourth-order valence-corrected chi connectivity index (χ4v) is 4.61. The van der Waals surface area contributed by atoms with E-state index in [1.165, 1.54) is 5.56 Å². The van der Waals surface area contributed by atoms with Crippen LogP contribution < -0.4 is 4.74 Å². The molecule has 0 aliphatic heterocycles. The Labute approximate surface area is 145 Å². The Hall–Kier alpha value is -1.83. The first-order valence-corrected chi connectivity index (χ1v) is 9.76. The average Bonchev–Trinajstić information content (AvgIpc) is 3.30. The van der Waals surface area contributed by atoms with Gasteiger partial charge in [-0.1, -0.05) is 11.8 Å². The Morgan fingerprint density at radius 1 is 1.22 bits per heavy atom. The number of thioether (sulfide) groups is 1. The van der Waals surface area contributed by atoms with Crippen molar-refractivity contribution in [3.63, 3.8) is 0 Å². The number of hydrogen-bond donors (Lipinski definition) is 1. The number of ether oxygens (including phenoxy) is 1. The summed E-state index contributed by atoms with van der Waals surface area (Å²) in [7, 11) is 1.67. The van der Waals surface area contributed by atoms with E-state index >= 15 is 0 Å². The Kier molecular flexibility index (Phi) is 4.07. The molecule has 0 aliphatic rings. The van der Waals surface area contributed by atoms with Crippen LogP contribution in [0.25, 0.3) is 21.6 Å². The smallest absolute Gasteiger partial charge is 0.166 e. The van der Waals surface area contributed by atoms with E-state index < -0.39 is 0 Å². The van der Waals surface area contributed by atoms with E-state index in [-0.39, 0.29) is 0 Å². The van der Waals surface area contributed by atoms with Crippen molar-refractivity contribution >= 4 is 45.5 Å². The summed E-state index contributed by atoms with van der Waals surface area (Å²) in [5, 5.41) is 8.30. The third kappa shape index (κ3) is 3.12. The molecule has 4 rings (SSSR count). The predicted octanol–water partition coefficient (Wildman–Crippen LogP) is 5.05. The highest BCUT2D eigenvalue weighted by Crippen LogP contribution is 2.29. The Morgan fingerprint density at radius 2 is 2.17 bits per heavy atom. The zero-order chi connectivity index (χ0) is 15.6. The monoisotopic (exact) mass is 359 g/mol. The van der Waals surface area contributed by atoms with Crippen LogP contribution in [0.1, 0.15) is 5.69 Å². The summed E-state index contributed by atoms with van der Waals surface area (Å²) in [5.74, 6) is 1.63. The molecular weight excluding hydrogens is 346 g/mol. The van der Waals surface area contributed by atoms with Crippen molar-refractivity contribution in [1.82, 2.24) is 15.0 Å². The van der Waals surface area contributed by atoms with Gasteiger partial charge in [0.2, 0.25) is 0 Å². The van der Waals surface area contributed by atoms with E-state index in [4.69, 9.17) is 9.72 Å². The predicted molar refractivity (Wildman–Crippen MR) is 97.6 cm³/mol. The fourth-order valence-electron chi connectivity index (χ4n) is 2.19. The number of hydrogen-bond acceptors (Lipinski definition) is 6. The van der Waals surface area contributed by atoms with Gasteiger partial charge in [-0.15, -0.1) is 11.3 Å². The van der Waals surface area contributed by atoms with Crippen LogP contribution in [0.15, 0.2) is 45.6 Å². The molecule has 0 bridgehead atoms. The van der Waals surface area contributed by atoms with Gasteiger partial charge in [0.25, 0.3) is 0 Å². The largest absolute Gasteiger partial charge is 0.497 e. The van der Waals surface area contributed by atoms with Crippen molar-refractivity contribution in [2.24, 2.45) is 0 Å². The van der Waals surface area contributed by atoms with Crippen LogP contribution in [-0.2, 0) is 5.75 Å². The zero-order valence-corrected chi connectivity index (χ0v) is 14.7. The lowest BCUT2D eigenvalue weighted by Gasteiger charge is -1.96. The summed E-state index contributed by atoms with van der Waals surface area (Å²) in [6, 6.07) is 7.95. The van der Waals surface area contributed by atoms with E-state index in [9.17, 15) is 0 Å². The topological polar surface area (TPSA) is 50.8 Å². The normalized spacial score (nSPS) is 11.2. The number of benzene rings is 1. The molecule has 0 spiro atoms. The molecule has 0 radical (unpaired) electrons. The van der Waals surface area contributed by atoms with Gasteiger partial charge in [0.1, 0.15) is 10.8 Å². The van der Waals surface area contributed by atoms with Crippen molar-refractivity contribution in [1.29, 1.82) is 0 Å². The molecule has 4 nitrogen and oxygen atoms in total. The number of nitrogens with zero attached hydrogens (tertiary/aromatic N) is 2. The molecule has 0 atom stereocenters. The molecule has 116 valence electrons. The molecule has 3 heterocycles. The first kappa shape index (κ1) is 14.7. The van der Waals surface area contributed by atoms with Crippen LogP contribution in [0, 0.1) is 0 Å². The Morgan fingerprint density at radius 3 is 3.00 bits per heavy atom. The number of imidazole rings is 1. The third-order valence-electron chi connectivity index (χ3n) is 3.34. The molecule has 4 aromatic rings. The molecule has 0 saturated heterocycles. The van der Waals surface area contributed by atoms with Gasteiger partial charge in [0.15, 0.2) is 5.16 Å². The van der Waals surface area contributed by atoms with Gasteiger partial charge in [0, 0.05) is 28.1 Å². The maximum Gasteiger partial charge on any atom is 0.166 e. The number of H-pyrrole nitrogens is 1. The maximum atomic E-state index is 5.24. The van der Waals surface area contributed by atoms with Crippen molar-refractivity contribution < 1.29 is 4.74 Å². The van der Waals surface area contributed by atoms with E-state index in [0.29, 0.717) is 0 Å². The van der Waals surface area contributed by atoms with Gasteiger partial charge in [-0.25, -0.2) is 9.97 Å². The molecule has 1 N–H and O–H groups in total. The lowest BCUT2D eigenvalue weighted by atomic mass is 10.3. The van der Waals surface area contributed by atoms with Gasteiger partial charge in [-0.05, 0) is 23.6 Å². The number of thiazole rings is 1. The number of methoxy groups -OCH3 is 1. The van der Waals surface area contributed by atoms with E-state index in [1.54, 1.807) is 41.5 Å². The summed E-state index contributed by atoms with van der Waals surface area (Å²) in [6.07, 6.45) is 0. The summed E-state index contributed by atoms with van der Waals surface area (Å²) in [6.45, 7) is 0. The number of thiophene rings is 1. The molecule has 3 aromatic heterocycles. The van der Waals surface area contributed by atoms with E-state index in [1.807, 2.05) is 18.2 Å². The van der Waals surface area contributed by atoms with Crippen molar-refractivity contribution in [2.75, 3.05) is 7.11 Å². The van der Waals surface area contributed by atoms with Crippen molar-refractivity contribution in [2.45, 2.75) is 10.9 Å². The summed E-state index contributed by atoms with van der Waals surface area (Å²) in [5.41, 5.74) is 4.22. The van der Waals surface area contributed by atoms with Crippen LogP contribution in [-0.4, -0.2) is 22.1 Å². The minimum atomic E-state index is 0.803. The molecule has 0 amide bonds. The van der Waals surface area contributed by atoms with Gasteiger partial charge in [-0.2, -0.15) is 11.3 Å². The van der Waals surface area contributed by atoms with Gasteiger partial charge in [0.05, 0.1) is 23.8 Å². The van der Waals surface area contributed by atoms with Crippen molar-refractivity contribution in [3.05, 3.63) is 46.1 Å². The SMILES string of the molecule is COc1ccc2nc(SCc3csc(-c4ccsc4)n3)[nH]c2c1. The summed E-state index contributed by atoms with van der Waals surface area (Å²) >= 11 is 5.05. The molecule has 0 aliphatic carbocycles. The lowest BCUT2D eigenvalue weighted by Crippen LogP contribution is -1.82.